The van der Waals surface area contributed by atoms with E-state index in [9.17, 15) is 4.79 Å². The predicted octanol–water partition coefficient (Wildman–Crippen LogP) is 2.46. The molecule has 108 valence electrons. The molecule has 0 atom stereocenters. The second-order valence-electron chi connectivity index (χ2n) is 3.74. The molecule has 0 bridgehead atoms. The highest BCUT2D eigenvalue weighted by Crippen LogP contribution is 2.25. The second-order valence-corrected chi connectivity index (χ2v) is 4.15. The molecule has 0 aliphatic rings. The number of rotatable bonds is 5. The van der Waals surface area contributed by atoms with E-state index in [0.29, 0.717) is 28.4 Å². The van der Waals surface area contributed by atoms with Crippen LogP contribution >= 0.6 is 11.6 Å². The lowest BCUT2D eigenvalue weighted by molar-refractivity contribution is 0.112. The van der Waals surface area contributed by atoms with Crippen molar-refractivity contribution in [1.82, 2.24) is 0 Å². The molecule has 2 aromatic rings. The van der Waals surface area contributed by atoms with Gasteiger partial charge in [0.25, 0.3) is 0 Å². The Bertz CT molecular complexity index is 540. The van der Waals surface area contributed by atoms with Gasteiger partial charge in [-0.25, -0.2) is 0 Å². The summed E-state index contributed by atoms with van der Waals surface area (Å²) >= 11 is 5.98. The fourth-order valence-electron chi connectivity index (χ4n) is 1.60. The molecule has 0 saturated carbocycles. The third-order valence-electron chi connectivity index (χ3n) is 2.55. The van der Waals surface area contributed by atoms with E-state index in [-0.39, 0.29) is 6.61 Å². The highest BCUT2D eigenvalue weighted by Gasteiger charge is 2.08. The Morgan fingerprint density at radius 3 is 2.70 bits per heavy atom. The first-order chi connectivity index (χ1) is 9.74. The van der Waals surface area contributed by atoms with E-state index in [1.54, 1.807) is 24.5 Å². The number of nitrogens with one attached hydrogen (secondary N) is 1. The number of carbonyl (C=O) groups excluding carboxylic acids is 1. The Labute approximate surface area is 121 Å². The van der Waals surface area contributed by atoms with Gasteiger partial charge in [0, 0.05) is 23.4 Å². The van der Waals surface area contributed by atoms with Gasteiger partial charge in [0.1, 0.15) is 5.76 Å². The maximum absolute atomic E-state index is 11.0. The summed E-state index contributed by atoms with van der Waals surface area (Å²) in [5, 5.41) is 19.6. The van der Waals surface area contributed by atoms with Gasteiger partial charge in [-0.1, -0.05) is 11.6 Å². The number of anilines is 1. The molecule has 0 aliphatic heterocycles. The molecule has 0 spiro atoms. The lowest BCUT2D eigenvalue weighted by atomic mass is 10.1. The number of benzene rings is 1. The number of aldehydes is 1. The first kappa shape index (κ1) is 16.2. The van der Waals surface area contributed by atoms with Crippen molar-refractivity contribution in [3.63, 3.8) is 0 Å². The fraction of sp³-hybridized carbons (Fsp3) is 0.214. The molecular weight excluding hydrogens is 282 g/mol. The Hall–Kier alpha value is -1.82. The van der Waals surface area contributed by atoms with Crippen LogP contribution in [0.5, 0.6) is 0 Å². The number of aliphatic hydroxyl groups excluding tert-OH is 2. The molecule has 0 aliphatic carbocycles. The molecule has 0 fully saturated rings. The van der Waals surface area contributed by atoms with Crippen molar-refractivity contribution < 1.29 is 19.4 Å². The van der Waals surface area contributed by atoms with Gasteiger partial charge in [0.15, 0.2) is 6.29 Å². The molecule has 2 rings (SSSR count). The van der Waals surface area contributed by atoms with Gasteiger partial charge >= 0.3 is 0 Å². The lowest BCUT2D eigenvalue weighted by Crippen LogP contribution is -2.02. The largest absolute Gasteiger partial charge is 0.467 e. The molecule has 0 radical (unpaired) electrons. The fourth-order valence-corrected chi connectivity index (χ4v) is 1.83. The standard InChI is InChI=1S/C13H12ClNO3.CH4O/c14-12-5-13(10(8-17)4-9(12)7-16)15-6-11-2-1-3-18-11;1-2/h1-5,8,15-16H,6-7H2;2H,1H3. The summed E-state index contributed by atoms with van der Waals surface area (Å²) in [6.07, 6.45) is 2.31. The van der Waals surface area contributed by atoms with Crippen LogP contribution < -0.4 is 5.32 Å². The zero-order valence-corrected chi connectivity index (χ0v) is 11.7. The first-order valence-electron chi connectivity index (χ1n) is 5.84. The molecule has 0 unspecified atom stereocenters. The summed E-state index contributed by atoms with van der Waals surface area (Å²) in [5.74, 6) is 0.759. The summed E-state index contributed by atoms with van der Waals surface area (Å²) < 4.78 is 5.18. The number of carbonyl (C=O) groups is 1. The number of halogens is 1. The van der Waals surface area contributed by atoms with Crippen molar-refractivity contribution in [3.8, 4) is 0 Å². The van der Waals surface area contributed by atoms with Crippen LogP contribution in [-0.4, -0.2) is 23.6 Å². The van der Waals surface area contributed by atoms with Gasteiger partial charge < -0.3 is 19.9 Å². The first-order valence-corrected chi connectivity index (χ1v) is 6.22. The van der Waals surface area contributed by atoms with Crippen molar-refractivity contribution in [3.05, 3.63) is 52.4 Å². The number of hydrogen-bond acceptors (Lipinski definition) is 5. The molecule has 5 nitrogen and oxygen atoms in total. The zero-order chi connectivity index (χ0) is 15.0. The third kappa shape index (κ3) is 4.09. The van der Waals surface area contributed by atoms with Crippen LogP contribution in [-0.2, 0) is 13.2 Å². The number of furan rings is 1. The molecule has 0 amide bonds. The molecule has 1 aromatic carbocycles. The van der Waals surface area contributed by atoms with E-state index >= 15 is 0 Å². The van der Waals surface area contributed by atoms with E-state index < -0.39 is 0 Å². The van der Waals surface area contributed by atoms with E-state index in [1.165, 1.54) is 0 Å². The van der Waals surface area contributed by atoms with Crippen LogP contribution in [0.15, 0.2) is 34.9 Å². The van der Waals surface area contributed by atoms with Gasteiger partial charge in [0.2, 0.25) is 0 Å². The Morgan fingerprint density at radius 2 is 2.15 bits per heavy atom. The van der Waals surface area contributed by atoms with Crippen LogP contribution in [0.3, 0.4) is 0 Å². The maximum Gasteiger partial charge on any atom is 0.152 e. The monoisotopic (exact) mass is 297 g/mol. The van der Waals surface area contributed by atoms with Gasteiger partial charge in [-0.2, -0.15) is 0 Å². The summed E-state index contributed by atoms with van der Waals surface area (Å²) in [6.45, 7) is 0.265. The van der Waals surface area contributed by atoms with E-state index in [1.807, 2.05) is 6.07 Å². The zero-order valence-electron chi connectivity index (χ0n) is 11.0. The highest BCUT2D eigenvalue weighted by molar-refractivity contribution is 6.31. The summed E-state index contributed by atoms with van der Waals surface area (Å²) in [4.78, 5) is 11.0. The number of hydrogen-bond donors (Lipinski definition) is 3. The predicted molar refractivity (Wildman–Crippen MR) is 76.9 cm³/mol. The van der Waals surface area contributed by atoms with Crippen molar-refractivity contribution in [2.45, 2.75) is 13.2 Å². The van der Waals surface area contributed by atoms with Crippen molar-refractivity contribution in [1.29, 1.82) is 0 Å². The van der Waals surface area contributed by atoms with E-state index in [2.05, 4.69) is 5.32 Å². The minimum atomic E-state index is -0.196. The normalized spacial score (nSPS) is 9.60. The molecule has 1 aromatic heterocycles. The smallest absolute Gasteiger partial charge is 0.152 e. The van der Waals surface area contributed by atoms with Crippen LogP contribution in [0.4, 0.5) is 5.69 Å². The van der Waals surface area contributed by atoms with Crippen molar-refractivity contribution in [2.75, 3.05) is 12.4 Å². The van der Waals surface area contributed by atoms with Crippen molar-refractivity contribution >= 4 is 23.6 Å². The van der Waals surface area contributed by atoms with Gasteiger partial charge in [-0.15, -0.1) is 0 Å². The topological polar surface area (TPSA) is 82.7 Å². The second kappa shape index (κ2) is 8.37. The van der Waals surface area contributed by atoms with E-state index in [0.717, 1.165) is 19.2 Å². The maximum atomic E-state index is 11.0. The lowest BCUT2D eigenvalue weighted by Gasteiger charge is -2.10. The SMILES string of the molecule is CO.O=Cc1cc(CO)c(Cl)cc1NCc1ccco1. The van der Waals surface area contributed by atoms with Crippen molar-refractivity contribution in [2.24, 2.45) is 0 Å². The summed E-state index contributed by atoms with van der Waals surface area (Å²) in [5.41, 5.74) is 1.60. The number of aliphatic hydroxyl groups is 2. The highest BCUT2D eigenvalue weighted by atomic mass is 35.5. The minimum Gasteiger partial charge on any atom is -0.467 e. The summed E-state index contributed by atoms with van der Waals surface area (Å²) in [6, 6.07) is 6.82. The van der Waals surface area contributed by atoms with Gasteiger partial charge in [-0.05, 0) is 29.8 Å². The Balaban J connectivity index is 0.000000956. The summed E-state index contributed by atoms with van der Waals surface area (Å²) in [7, 11) is 1.00. The average molecular weight is 298 g/mol. The quantitative estimate of drug-likeness (QED) is 0.739. The minimum absolute atomic E-state index is 0.196. The van der Waals surface area contributed by atoms with Crippen LogP contribution in [0.25, 0.3) is 0 Å². The van der Waals surface area contributed by atoms with Gasteiger partial charge in [0.05, 0.1) is 19.4 Å². The third-order valence-corrected chi connectivity index (χ3v) is 2.90. The molecule has 1 heterocycles. The van der Waals surface area contributed by atoms with Crippen LogP contribution in [0.1, 0.15) is 21.7 Å². The van der Waals surface area contributed by atoms with Gasteiger partial charge in [-0.3, -0.25) is 4.79 Å². The Morgan fingerprint density at radius 1 is 1.40 bits per heavy atom. The molecule has 0 saturated heterocycles. The Kier molecular flexibility index (Phi) is 6.79. The van der Waals surface area contributed by atoms with Crippen LogP contribution in [0, 0.1) is 0 Å². The van der Waals surface area contributed by atoms with E-state index in [4.69, 9.17) is 26.2 Å². The molecule has 3 N–H and O–H groups in total. The van der Waals surface area contributed by atoms with Crippen LogP contribution in [0.2, 0.25) is 5.02 Å². The molecule has 20 heavy (non-hydrogen) atoms. The molecule has 6 heteroatoms. The molecular formula is C14H16ClNO4. The average Bonchev–Trinajstić information content (AvgIpc) is 3.00.